The third kappa shape index (κ3) is 4.14. The lowest BCUT2D eigenvalue weighted by Gasteiger charge is -2.20. The van der Waals surface area contributed by atoms with E-state index in [-0.39, 0.29) is 28.2 Å². The highest BCUT2D eigenvalue weighted by atomic mass is 35.5. The first-order valence-corrected chi connectivity index (χ1v) is 10.8. The van der Waals surface area contributed by atoms with Crippen molar-refractivity contribution in [3.05, 3.63) is 23.4 Å². The number of nitrogens with two attached hydrogens (primary N) is 1. The van der Waals surface area contributed by atoms with Gasteiger partial charge in [-0.3, -0.25) is 9.13 Å². The highest BCUT2D eigenvalue weighted by Gasteiger charge is 2.46. The fourth-order valence-corrected chi connectivity index (χ4v) is 3.95. The standard InChI is InChI=1S/C14H17ClN7O8P/c1-4-20-21-11(29-4)13(31(25,26)27)28-2-5-7(23)8(24)12(30-5)22-3-17-6-9(16)18-14(15)19-10(6)22/h3,5,7-8,12-13,23-24H,2H2,1H3,(H2,16,18,19)(H2,25,26,27)/t5-,7-,8-,12-,13+/m1/s1. The molecule has 0 bridgehead atoms. The third-order valence-electron chi connectivity index (χ3n) is 4.51. The Hall–Kier alpha value is -2.23. The monoisotopic (exact) mass is 477 g/mol. The largest absolute Gasteiger partial charge is 0.422 e. The van der Waals surface area contributed by atoms with Crippen LogP contribution in [0.4, 0.5) is 5.82 Å². The second kappa shape index (κ2) is 8.03. The van der Waals surface area contributed by atoms with Gasteiger partial charge in [-0.05, 0) is 11.6 Å². The molecule has 168 valence electrons. The number of hydrogen-bond donors (Lipinski definition) is 5. The van der Waals surface area contributed by atoms with Crippen molar-refractivity contribution in [3.8, 4) is 0 Å². The summed E-state index contributed by atoms with van der Waals surface area (Å²) in [6, 6.07) is 0. The normalized spacial score (nSPS) is 25.4. The van der Waals surface area contributed by atoms with Crippen molar-refractivity contribution in [2.75, 3.05) is 12.3 Å². The molecular formula is C14H17ClN7O8P. The molecule has 4 rings (SSSR count). The summed E-state index contributed by atoms with van der Waals surface area (Å²) in [5, 5.41) is 27.8. The van der Waals surface area contributed by atoms with Crippen molar-refractivity contribution in [1.82, 2.24) is 29.7 Å². The maximum absolute atomic E-state index is 11.8. The molecule has 0 radical (unpaired) electrons. The van der Waals surface area contributed by atoms with Crippen LogP contribution in [-0.4, -0.2) is 74.6 Å². The predicted molar refractivity (Wildman–Crippen MR) is 100 cm³/mol. The van der Waals surface area contributed by atoms with E-state index < -0.39 is 50.5 Å². The van der Waals surface area contributed by atoms with Gasteiger partial charge in [-0.2, -0.15) is 9.97 Å². The van der Waals surface area contributed by atoms with Gasteiger partial charge in [-0.25, -0.2) is 4.98 Å². The topological polar surface area (TPSA) is 225 Å². The first-order chi connectivity index (χ1) is 14.6. The van der Waals surface area contributed by atoms with Gasteiger partial charge in [0.25, 0.3) is 5.89 Å². The van der Waals surface area contributed by atoms with E-state index in [2.05, 4.69) is 25.1 Å². The summed E-state index contributed by atoms with van der Waals surface area (Å²) >= 11 is 5.83. The van der Waals surface area contributed by atoms with Crippen LogP contribution in [0.3, 0.4) is 0 Å². The number of anilines is 1. The van der Waals surface area contributed by atoms with Crippen molar-refractivity contribution < 1.29 is 38.5 Å². The molecule has 0 amide bonds. The Balaban J connectivity index is 1.55. The van der Waals surface area contributed by atoms with E-state index in [9.17, 15) is 24.6 Å². The number of hydrogen-bond acceptors (Lipinski definition) is 12. The minimum atomic E-state index is -4.86. The van der Waals surface area contributed by atoms with Crippen LogP contribution in [-0.2, 0) is 14.0 Å². The predicted octanol–water partition coefficient (Wildman–Crippen LogP) is -0.734. The fraction of sp³-hybridized carbons (Fsp3) is 0.500. The van der Waals surface area contributed by atoms with Gasteiger partial charge in [-0.1, -0.05) is 0 Å². The molecule has 6 N–H and O–H groups in total. The van der Waals surface area contributed by atoms with Crippen LogP contribution in [0, 0.1) is 6.92 Å². The Labute approximate surface area is 178 Å². The van der Waals surface area contributed by atoms with Gasteiger partial charge in [0.15, 0.2) is 17.7 Å². The molecule has 1 aliphatic heterocycles. The average Bonchev–Trinajstić information content (AvgIpc) is 3.35. The molecule has 0 aromatic carbocycles. The summed E-state index contributed by atoms with van der Waals surface area (Å²) in [7, 11) is -4.86. The molecule has 5 atom stereocenters. The molecular weight excluding hydrogens is 461 g/mol. The molecule has 0 aliphatic carbocycles. The maximum atomic E-state index is 11.8. The van der Waals surface area contributed by atoms with Gasteiger partial charge >= 0.3 is 7.60 Å². The zero-order chi connectivity index (χ0) is 22.5. The number of rotatable bonds is 6. The number of fused-ring (bicyclic) bond motifs is 1. The molecule has 0 spiro atoms. The van der Waals surface area contributed by atoms with Crippen LogP contribution in [0.15, 0.2) is 10.7 Å². The Morgan fingerprint density at radius 3 is 2.71 bits per heavy atom. The molecule has 17 heteroatoms. The highest BCUT2D eigenvalue weighted by molar-refractivity contribution is 7.51. The molecule has 31 heavy (non-hydrogen) atoms. The van der Waals surface area contributed by atoms with Gasteiger partial charge in [0, 0.05) is 6.92 Å². The lowest BCUT2D eigenvalue weighted by molar-refractivity contribution is -0.0756. The second-order valence-electron chi connectivity index (χ2n) is 6.68. The molecule has 1 saturated heterocycles. The van der Waals surface area contributed by atoms with E-state index in [1.54, 1.807) is 0 Å². The number of ether oxygens (including phenoxy) is 2. The summed E-state index contributed by atoms with van der Waals surface area (Å²) in [4.78, 5) is 31.0. The molecule has 4 heterocycles. The van der Waals surface area contributed by atoms with E-state index in [0.717, 1.165) is 0 Å². The molecule has 1 fully saturated rings. The molecule has 1 aliphatic rings. The van der Waals surface area contributed by atoms with Crippen LogP contribution in [0.5, 0.6) is 0 Å². The van der Waals surface area contributed by atoms with Crippen LogP contribution < -0.4 is 5.73 Å². The van der Waals surface area contributed by atoms with Crippen molar-refractivity contribution in [3.63, 3.8) is 0 Å². The van der Waals surface area contributed by atoms with E-state index in [0.29, 0.717) is 0 Å². The number of nitrogens with zero attached hydrogens (tertiary/aromatic N) is 6. The molecule has 3 aromatic heterocycles. The minimum Gasteiger partial charge on any atom is -0.422 e. The molecule has 3 aromatic rings. The number of aryl methyl sites for hydroxylation is 1. The minimum absolute atomic E-state index is 0.0148. The molecule has 15 nitrogen and oxygen atoms in total. The number of imidazole rings is 1. The van der Waals surface area contributed by atoms with Crippen LogP contribution >= 0.6 is 19.2 Å². The Morgan fingerprint density at radius 1 is 1.32 bits per heavy atom. The van der Waals surface area contributed by atoms with Gasteiger partial charge < -0.3 is 39.6 Å². The van der Waals surface area contributed by atoms with Crippen molar-refractivity contribution >= 4 is 36.2 Å². The molecule has 0 saturated carbocycles. The Bertz CT molecular complexity index is 1150. The first-order valence-electron chi connectivity index (χ1n) is 8.70. The van der Waals surface area contributed by atoms with E-state index in [4.69, 9.17) is 31.2 Å². The smallest absolute Gasteiger partial charge is 0.363 e. The maximum Gasteiger partial charge on any atom is 0.363 e. The number of nitrogen functional groups attached to an aromatic ring is 1. The quantitative estimate of drug-likeness (QED) is 0.218. The fourth-order valence-electron chi connectivity index (χ4n) is 3.10. The van der Waals surface area contributed by atoms with Gasteiger partial charge in [-0.15, -0.1) is 10.2 Å². The first kappa shape index (κ1) is 22.0. The SMILES string of the molecule is Cc1nnc([C@@H](OC[C@H]2O[C@@H](n3cnc4c(N)nc(Cl)nc43)[C@H](O)[C@@H]2O)P(=O)(O)O)o1. The number of halogens is 1. The summed E-state index contributed by atoms with van der Waals surface area (Å²) in [6.45, 7) is 0.923. The van der Waals surface area contributed by atoms with Crippen LogP contribution in [0.2, 0.25) is 5.28 Å². The van der Waals surface area contributed by atoms with E-state index in [1.807, 2.05) is 0 Å². The van der Waals surface area contributed by atoms with Crippen molar-refractivity contribution in [2.24, 2.45) is 0 Å². The summed E-state index contributed by atoms with van der Waals surface area (Å²) in [5.41, 5.74) is 6.13. The number of aliphatic hydroxyl groups is 2. The lowest BCUT2D eigenvalue weighted by Crippen LogP contribution is -2.34. The van der Waals surface area contributed by atoms with E-state index in [1.165, 1.54) is 17.8 Å². The van der Waals surface area contributed by atoms with Crippen LogP contribution in [0.25, 0.3) is 11.2 Å². The van der Waals surface area contributed by atoms with Gasteiger partial charge in [0.2, 0.25) is 17.0 Å². The third-order valence-corrected chi connectivity index (χ3v) is 5.66. The van der Waals surface area contributed by atoms with Gasteiger partial charge in [0.05, 0.1) is 12.9 Å². The summed E-state index contributed by atoms with van der Waals surface area (Å²) in [5.74, 6) is -2.21. The summed E-state index contributed by atoms with van der Waals surface area (Å²) in [6.07, 6.45) is -4.00. The zero-order valence-corrected chi connectivity index (χ0v) is 17.3. The van der Waals surface area contributed by atoms with Crippen LogP contribution in [0.1, 0.15) is 23.9 Å². The number of aromatic nitrogens is 6. The lowest BCUT2D eigenvalue weighted by atomic mass is 10.1. The average molecular weight is 478 g/mol. The molecule has 0 unspecified atom stereocenters. The zero-order valence-electron chi connectivity index (χ0n) is 15.7. The van der Waals surface area contributed by atoms with Crippen molar-refractivity contribution in [1.29, 1.82) is 0 Å². The summed E-state index contributed by atoms with van der Waals surface area (Å²) < 4.78 is 29.0. The van der Waals surface area contributed by atoms with E-state index >= 15 is 0 Å². The second-order valence-corrected chi connectivity index (χ2v) is 8.67. The van der Waals surface area contributed by atoms with Crippen molar-refractivity contribution in [2.45, 2.75) is 37.3 Å². The Morgan fingerprint density at radius 2 is 2.06 bits per heavy atom. The highest BCUT2D eigenvalue weighted by Crippen LogP contribution is 2.52. The Kier molecular flexibility index (Phi) is 5.70. The number of aliphatic hydroxyl groups excluding tert-OH is 2. The van der Waals surface area contributed by atoms with Gasteiger partial charge in [0.1, 0.15) is 23.8 Å².